The fraction of sp³-hybridized carbons (Fsp3) is 0.944. The van der Waals surface area contributed by atoms with Gasteiger partial charge in [-0.3, -0.25) is 4.79 Å². The van der Waals surface area contributed by atoms with Crippen LogP contribution in [0.1, 0.15) is 51.9 Å². The quantitative estimate of drug-likeness (QED) is 0.839. The molecule has 1 saturated heterocycles. The first kappa shape index (κ1) is 14.0. The summed E-state index contributed by atoms with van der Waals surface area (Å²) in [6.45, 7) is 5.44. The van der Waals surface area contributed by atoms with Crippen molar-refractivity contribution in [2.45, 2.75) is 51.9 Å². The molecule has 1 aliphatic heterocycles. The Kier molecular flexibility index (Phi) is 3.52. The SMILES string of the molecule is CC1CNCCC1CNC(=O)C12CC3CC(CC(C3)C1)C2. The van der Waals surface area contributed by atoms with E-state index in [1.165, 1.54) is 44.9 Å². The average molecular weight is 290 g/mol. The monoisotopic (exact) mass is 290 g/mol. The molecule has 5 aliphatic rings. The first-order chi connectivity index (χ1) is 10.1. The number of hydrogen-bond acceptors (Lipinski definition) is 2. The first-order valence-corrected chi connectivity index (χ1v) is 9.14. The highest BCUT2D eigenvalue weighted by Crippen LogP contribution is 2.60. The molecule has 0 spiro atoms. The molecule has 0 aromatic rings. The zero-order valence-electron chi connectivity index (χ0n) is 13.4. The van der Waals surface area contributed by atoms with Gasteiger partial charge in [-0.25, -0.2) is 0 Å². The molecule has 21 heavy (non-hydrogen) atoms. The van der Waals surface area contributed by atoms with Crippen molar-refractivity contribution in [1.82, 2.24) is 10.6 Å². The zero-order chi connectivity index (χ0) is 14.4. The molecule has 5 fully saturated rings. The third kappa shape index (κ3) is 2.52. The van der Waals surface area contributed by atoms with Gasteiger partial charge in [0.2, 0.25) is 5.91 Å². The van der Waals surface area contributed by atoms with E-state index in [-0.39, 0.29) is 5.41 Å². The molecule has 1 heterocycles. The van der Waals surface area contributed by atoms with Crippen LogP contribution in [0.4, 0.5) is 0 Å². The second-order valence-electron chi connectivity index (χ2n) is 8.64. The van der Waals surface area contributed by atoms with Crippen molar-refractivity contribution in [1.29, 1.82) is 0 Å². The largest absolute Gasteiger partial charge is 0.355 e. The minimum absolute atomic E-state index is 0.0326. The summed E-state index contributed by atoms with van der Waals surface area (Å²) in [5, 5.41) is 6.82. The van der Waals surface area contributed by atoms with Crippen molar-refractivity contribution in [2.75, 3.05) is 19.6 Å². The van der Waals surface area contributed by atoms with Crippen LogP contribution in [0.5, 0.6) is 0 Å². The van der Waals surface area contributed by atoms with Crippen LogP contribution in [-0.4, -0.2) is 25.5 Å². The number of carbonyl (C=O) groups excluding carboxylic acids is 1. The fourth-order valence-electron chi connectivity index (χ4n) is 6.17. The van der Waals surface area contributed by atoms with Gasteiger partial charge in [-0.05, 0) is 87.6 Å². The number of nitrogens with one attached hydrogen (secondary N) is 2. The van der Waals surface area contributed by atoms with Crippen molar-refractivity contribution < 1.29 is 4.79 Å². The number of carbonyl (C=O) groups is 1. The maximum absolute atomic E-state index is 12.9. The highest BCUT2D eigenvalue weighted by atomic mass is 16.2. The zero-order valence-corrected chi connectivity index (χ0v) is 13.4. The molecule has 0 aromatic carbocycles. The normalized spacial score (nSPS) is 48.3. The van der Waals surface area contributed by atoms with Gasteiger partial charge in [-0.1, -0.05) is 6.92 Å². The molecule has 3 nitrogen and oxygen atoms in total. The lowest BCUT2D eigenvalue weighted by Gasteiger charge is -2.55. The predicted octanol–water partition coefficient (Wildman–Crippen LogP) is 2.56. The molecule has 118 valence electrons. The fourth-order valence-corrected chi connectivity index (χ4v) is 6.17. The van der Waals surface area contributed by atoms with Crippen LogP contribution in [0.25, 0.3) is 0 Å². The number of amides is 1. The maximum Gasteiger partial charge on any atom is 0.226 e. The van der Waals surface area contributed by atoms with Crippen LogP contribution in [0, 0.1) is 35.0 Å². The van der Waals surface area contributed by atoms with E-state index in [1.807, 2.05) is 0 Å². The molecule has 0 aromatic heterocycles. The Labute approximate surface area is 128 Å². The first-order valence-electron chi connectivity index (χ1n) is 9.14. The molecule has 2 atom stereocenters. The highest BCUT2D eigenvalue weighted by molar-refractivity contribution is 5.83. The van der Waals surface area contributed by atoms with E-state index in [9.17, 15) is 4.79 Å². The average Bonchev–Trinajstić information content (AvgIpc) is 2.44. The van der Waals surface area contributed by atoms with Crippen molar-refractivity contribution in [3.8, 4) is 0 Å². The second kappa shape index (κ2) is 5.26. The van der Waals surface area contributed by atoms with E-state index in [2.05, 4.69) is 17.6 Å². The number of piperidine rings is 1. The predicted molar refractivity (Wildman–Crippen MR) is 83.8 cm³/mol. The second-order valence-corrected chi connectivity index (χ2v) is 8.64. The third-order valence-corrected chi connectivity index (χ3v) is 7.01. The summed E-state index contributed by atoms with van der Waals surface area (Å²) in [7, 11) is 0. The highest BCUT2D eigenvalue weighted by Gasteiger charge is 2.54. The van der Waals surface area contributed by atoms with Crippen molar-refractivity contribution in [3.63, 3.8) is 0 Å². The van der Waals surface area contributed by atoms with E-state index >= 15 is 0 Å². The lowest BCUT2D eigenvalue weighted by atomic mass is 9.49. The Hall–Kier alpha value is -0.570. The third-order valence-electron chi connectivity index (χ3n) is 7.01. The summed E-state index contributed by atoms with van der Waals surface area (Å²) >= 11 is 0. The van der Waals surface area contributed by atoms with Gasteiger partial charge in [-0.2, -0.15) is 0 Å². The van der Waals surface area contributed by atoms with Crippen LogP contribution in [0.3, 0.4) is 0 Å². The Morgan fingerprint density at radius 2 is 1.76 bits per heavy atom. The van der Waals surface area contributed by atoms with Crippen molar-refractivity contribution in [2.24, 2.45) is 35.0 Å². The van der Waals surface area contributed by atoms with E-state index in [1.54, 1.807) is 0 Å². The molecule has 0 radical (unpaired) electrons. The van der Waals surface area contributed by atoms with Crippen molar-refractivity contribution in [3.05, 3.63) is 0 Å². The van der Waals surface area contributed by atoms with E-state index in [0.29, 0.717) is 17.7 Å². The summed E-state index contributed by atoms with van der Waals surface area (Å²) in [5.41, 5.74) is 0.0326. The minimum atomic E-state index is 0.0326. The van der Waals surface area contributed by atoms with Gasteiger partial charge in [0.15, 0.2) is 0 Å². The van der Waals surface area contributed by atoms with E-state index < -0.39 is 0 Å². The van der Waals surface area contributed by atoms with Crippen molar-refractivity contribution >= 4 is 5.91 Å². The lowest BCUT2D eigenvalue weighted by Crippen LogP contribution is -2.54. The molecular weight excluding hydrogens is 260 g/mol. The van der Waals surface area contributed by atoms with Crippen LogP contribution in [0.15, 0.2) is 0 Å². The van der Waals surface area contributed by atoms with Gasteiger partial charge in [0, 0.05) is 12.0 Å². The molecule has 3 heteroatoms. The van der Waals surface area contributed by atoms with Crippen LogP contribution in [0.2, 0.25) is 0 Å². The van der Waals surface area contributed by atoms with Gasteiger partial charge in [-0.15, -0.1) is 0 Å². The van der Waals surface area contributed by atoms with Gasteiger partial charge < -0.3 is 10.6 Å². The van der Waals surface area contributed by atoms with E-state index in [0.717, 1.165) is 37.4 Å². The van der Waals surface area contributed by atoms with Gasteiger partial charge in [0.1, 0.15) is 0 Å². The summed E-state index contributed by atoms with van der Waals surface area (Å²) in [5.74, 6) is 4.35. The Balaban J connectivity index is 1.38. The van der Waals surface area contributed by atoms with Gasteiger partial charge in [0.25, 0.3) is 0 Å². The van der Waals surface area contributed by atoms with Gasteiger partial charge in [0.05, 0.1) is 0 Å². The molecule has 1 amide bonds. The van der Waals surface area contributed by atoms with Gasteiger partial charge >= 0.3 is 0 Å². The lowest BCUT2D eigenvalue weighted by molar-refractivity contribution is -0.146. The van der Waals surface area contributed by atoms with E-state index in [4.69, 9.17) is 0 Å². The Morgan fingerprint density at radius 1 is 1.14 bits per heavy atom. The molecule has 5 rings (SSSR count). The summed E-state index contributed by atoms with van der Waals surface area (Å²) in [6.07, 6.45) is 9.02. The Morgan fingerprint density at radius 3 is 2.33 bits per heavy atom. The number of hydrogen-bond donors (Lipinski definition) is 2. The van der Waals surface area contributed by atoms with Crippen LogP contribution < -0.4 is 10.6 Å². The van der Waals surface area contributed by atoms with Crippen LogP contribution in [-0.2, 0) is 4.79 Å². The number of rotatable bonds is 3. The summed E-state index contributed by atoms with van der Waals surface area (Å²) < 4.78 is 0. The summed E-state index contributed by atoms with van der Waals surface area (Å²) in [4.78, 5) is 12.9. The Bertz CT molecular complexity index is 384. The topological polar surface area (TPSA) is 41.1 Å². The smallest absolute Gasteiger partial charge is 0.226 e. The standard InChI is InChI=1S/C18H30N2O/c1-12-10-19-3-2-16(12)11-20-17(21)18-7-13-4-14(8-18)6-15(5-13)9-18/h12-16,19H,2-11H2,1H3,(H,20,21). The molecule has 4 saturated carbocycles. The van der Waals surface area contributed by atoms with Crippen LogP contribution >= 0.6 is 0 Å². The molecule has 2 unspecified atom stereocenters. The molecular formula is C18H30N2O. The summed E-state index contributed by atoms with van der Waals surface area (Å²) in [6, 6.07) is 0. The molecule has 2 N–H and O–H groups in total. The molecule has 4 aliphatic carbocycles. The maximum atomic E-state index is 12.9. The minimum Gasteiger partial charge on any atom is -0.355 e. The molecule has 4 bridgehead atoms.